The maximum absolute atomic E-state index is 12.6. The Balaban J connectivity index is 2.09. The standard InChI is InChI=1S/C19H24N2O/c1-3-4-14-20-18(16-8-6-5-7-9-16)19(22)21-17-12-10-15(2)11-13-17/h5-13,18,20H,3-4,14H2,1-2H3,(H,21,22)/t18-/m1/s1. The van der Waals surface area contributed by atoms with Crippen molar-refractivity contribution in [3.63, 3.8) is 0 Å². The number of anilines is 1. The molecule has 2 aromatic rings. The summed E-state index contributed by atoms with van der Waals surface area (Å²) in [6.45, 7) is 5.01. The van der Waals surface area contributed by atoms with Crippen LogP contribution in [0.1, 0.15) is 36.9 Å². The Hall–Kier alpha value is -2.13. The van der Waals surface area contributed by atoms with E-state index in [9.17, 15) is 4.79 Å². The summed E-state index contributed by atoms with van der Waals surface area (Å²) in [4.78, 5) is 12.6. The van der Waals surface area contributed by atoms with Gasteiger partial charge in [0.2, 0.25) is 5.91 Å². The van der Waals surface area contributed by atoms with Gasteiger partial charge >= 0.3 is 0 Å². The molecular weight excluding hydrogens is 272 g/mol. The highest BCUT2D eigenvalue weighted by Gasteiger charge is 2.19. The third-order valence-corrected chi connectivity index (χ3v) is 3.59. The van der Waals surface area contributed by atoms with Crippen LogP contribution in [0, 0.1) is 6.92 Å². The Kier molecular flexibility index (Phi) is 6.16. The molecule has 22 heavy (non-hydrogen) atoms. The van der Waals surface area contributed by atoms with Gasteiger partial charge in [-0.15, -0.1) is 0 Å². The van der Waals surface area contributed by atoms with E-state index in [4.69, 9.17) is 0 Å². The van der Waals surface area contributed by atoms with E-state index in [0.29, 0.717) is 0 Å². The van der Waals surface area contributed by atoms with Crippen molar-refractivity contribution in [3.8, 4) is 0 Å². The van der Waals surface area contributed by atoms with Crippen molar-refractivity contribution in [2.24, 2.45) is 0 Å². The Bertz CT molecular complexity index is 578. The molecule has 2 N–H and O–H groups in total. The number of carbonyl (C=O) groups excluding carboxylic acids is 1. The van der Waals surface area contributed by atoms with E-state index in [1.54, 1.807) is 0 Å². The normalized spacial score (nSPS) is 11.9. The predicted octanol–water partition coefficient (Wildman–Crippen LogP) is 4.06. The van der Waals surface area contributed by atoms with Crippen LogP contribution in [0.3, 0.4) is 0 Å². The Morgan fingerprint density at radius 3 is 2.36 bits per heavy atom. The summed E-state index contributed by atoms with van der Waals surface area (Å²) in [6, 6.07) is 17.4. The van der Waals surface area contributed by atoms with Crippen LogP contribution < -0.4 is 10.6 Å². The largest absolute Gasteiger partial charge is 0.324 e. The highest BCUT2D eigenvalue weighted by molar-refractivity contribution is 5.95. The van der Waals surface area contributed by atoms with E-state index >= 15 is 0 Å². The summed E-state index contributed by atoms with van der Waals surface area (Å²) in [5, 5.41) is 6.35. The third-order valence-electron chi connectivity index (χ3n) is 3.59. The van der Waals surface area contributed by atoms with E-state index in [0.717, 1.165) is 30.6 Å². The van der Waals surface area contributed by atoms with Gasteiger partial charge in [0, 0.05) is 5.69 Å². The number of hydrogen-bond donors (Lipinski definition) is 2. The Morgan fingerprint density at radius 2 is 1.73 bits per heavy atom. The molecule has 0 aliphatic carbocycles. The number of benzene rings is 2. The van der Waals surface area contributed by atoms with Crippen molar-refractivity contribution in [3.05, 3.63) is 65.7 Å². The first-order chi connectivity index (χ1) is 10.7. The van der Waals surface area contributed by atoms with Gasteiger partial charge in [0.1, 0.15) is 6.04 Å². The van der Waals surface area contributed by atoms with Crippen molar-refractivity contribution in [2.45, 2.75) is 32.7 Å². The molecule has 2 aromatic carbocycles. The van der Waals surface area contributed by atoms with Gasteiger partial charge in [-0.3, -0.25) is 4.79 Å². The summed E-state index contributed by atoms with van der Waals surface area (Å²) in [7, 11) is 0. The number of carbonyl (C=O) groups is 1. The average Bonchev–Trinajstić information content (AvgIpc) is 2.54. The van der Waals surface area contributed by atoms with Crippen molar-refractivity contribution in [2.75, 3.05) is 11.9 Å². The fourth-order valence-electron chi connectivity index (χ4n) is 2.28. The zero-order chi connectivity index (χ0) is 15.8. The van der Waals surface area contributed by atoms with Crippen LogP contribution in [-0.2, 0) is 4.79 Å². The maximum atomic E-state index is 12.6. The molecule has 0 aliphatic rings. The van der Waals surface area contributed by atoms with Gasteiger partial charge in [0.15, 0.2) is 0 Å². The number of rotatable bonds is 7. The molecule has 0 heterocycles. The zero-order valence-corrected chi connectivity index (χ0v) is 13.3. The fraction of sp³-hybridized carbons (Fsp3) is 0.316. The second-order valence-corrected chi connectivity index (χ2v) is 5.51. The molecule has 0 saturated heterocycles. The Morgan fingerprint density at radius 1 is 1.05 bits per heavy atom. The highest BCUT2D eigenvalue weighted by atomic mass is 16.2. The van der Waals surface area contributed by atoms with Gasteiger partial charge in [0.05, 0.1) is 0 Å². The minimum atomic E-state index is -0.325. The van der Waals surface area contributed by atoms with Crippen molar-refractivity contribution < 1.29 is 4.79 Å². The number of unbranched alkanes of at least 4 members (excludes halogenated alkanes) is 1. The molecule has 0 fully saturated rings. The molecule has 0 radical (unpaired) electrons. The van der Waals surface area contributed by atoms with Crippen LogP contribution in [0.5, 0.6) is 0 Å². The van der Waals surface area contributed by atoms with Crippen molar-refractivity contribution in [1.82, 2.24) is 5.32 Å². The third kappa shape index (κ3) is 4.71. The first-order valence-electron chi connectivity index (χ1n) is 7.86. The zero-order valence-electron chi connectivity index (χ0n) is 13.3. The molecule has 1 atom stereocenters. The van der Waals surface area contributed by atoms with Gasteiger partial charge in [-0.2, -0.15) is 0 Å². The molecular formula is C19H24N2O. The lowest BCUT2D eigenvalue weighted by molar-refractivity contribution is -0.118. The quantitative estimate of drug-likeness (QED) is 0.756. The molecule has 3 heteroatoms. The second-order valence-electron chi connectivity index (χ2n) is 5.51. The van der Waals surface area contributed by atoms with E-state index in [1.165, 1.54) is 5.56 Å². The molecule has 1 amide bonds. The first kappa shape index (κ1) is 16.2. The molecule has 0 saturated carbocycles. The number of amides is 1. The fourth-order valence-corrected chi connectivity index (χ4v) is 2.28. The predicted molar refractivity (Wildman–Crippen MR) is 91.9 cm³/mol. The van der Waals surface area contributed by atoms with Crippen LogP contribution in [0.2, 0.25) is 0 Å². The van der Waals surface area contributed by atoms with Gasteiger partial charge in [-0.25, -0.2) is 0 Å². The summed E-state index contributed by atoms with van der Waals surface area (Å²) in [5.74, 6) is -0.0221. The highest BCUT2D eigenvalue weighted by Crippen LogP contribution is 2.16. The minimum Gasteiger partial charge on any atom is -0.324 e. The van der Waals surface area contributed by atoms with Crippen LogP contribution in [0.25, 0.3) is 0 Å². The van der Waals surface area contributed by atoms with E-state index < -0.39 is 0 Å². The average molecular weight is 296 g/mol. The molecule has 2 rings (SSSR count). The molecule has 0 aliphatic heterocycles. The molecule has 0 aromatic heterocycles. The summed E-state index contributed by atoms with van der Waals surface area (Å²) < 4.78 is 0. The van der Waals surface area contributed by atoms with Crippen LogP contribution >= 0.6 is 0 Å². The number of hydrogen-bond acceptors (Lipinski definition) is 2. The van der Waals surface area contributed by atoms with Crippen LogP contribution in [0.15, 0.2) is 54.6 Å². The van der Waals surface area contributed by atoms with Crippen molar-refractivity contribution in [1.29, 1.82) is 0 Å². The molecule has 0 spiro atoms. The summed E-state index contributed by atoms with van der Waals surface area (Å²) in [6.07, 6.45) is 2.16. The van der Waals surface area contributed by atoms with E-state index in [1.807, 2.05) is 61.5 Å². The van der Waals surface area contributed by atoms with E-state index in [-0.39, 0.29) is 11.9 Å². The number of nitrogens with one attached hydrogen (secondary N) is 2. The van der Waals surface area contributed by atoms with Crippen molar-refractivity contribution >= 4 is 11.6 Å². The molecule has 0 unspecified atom stereocenters. The van der Waals surface area contributed by atoms with Gasteiger partial charge in [-0.1, -0.05) is 61.4 Å². The summed E-state index contributed by atoms with van der Waals surface area (Å²) >= 11 is 0. The lowest BCUT2D eigenvalue weighted by atomic mass is 10.1. The Labute approximate surface area is 132 Å². The molecule has 3 nitrogen and oxygen atoms in total. The molecule has 116 valence electrons. The SMILES string of the molecule is CCCCN[C@@H](C(=O)Nc1ccc(C)cc1)c1ccccc1. The lowest BCUT2D eigenvalue weighted by Gasteiger charge is -2.19. The van der Waals surface area contributed by atoms with E-state index in [2.05, 4.69) is 17.6 Å². The smallest absolute Gasteiger partial charge is 0.246 e. The van der Waals surface area contributed by atoms with Crippen LogP contribution in [-0.4, -0.2) is 12.5 Å². The van der Waals surface area contributed by atoms with Gasteiger partial charge in [-0.05, 0) is 37.6 Å². The topological polar surface area (TPSA) is 41.1 Å². The minimum absolute atomic E-state index is 0.0221. The number of aryl methyl sites for hydroxylation is 1. The first-order valence-corrected chi connectivity index (χ1v) is 7.86. The lowest BCUT2D eigenvalue weighted by Crippen LogP contribution is -2.33. The molecule has 0 bridgehead atoms. The summed E-state index contributed by atoms with van der Waals surface area (Å²) in [5.41, 5.74) is 3.00. The van der Waals surface area contributed by atoms with Gasteiger partial charge < -0.3 is 10.6 Å². The second kappa shape index (κ2) is 8.35. The maximum Gasteiger partial charge on any atom is 0.246 e. The monoisotopic (exact) mass is 296 g/mol. The van der Waals surface area contributed by atoms with Crippen LogP contribution in [0.4, 0.5) is 5.69 Å². The van der Waals surface area contributed by atoms with Gasteiger partial charge in [0.25, 0.3) is 0 Å².